The molecule has 10 heteroatoms. The zero-order valence-electron chi connectivity index (χ0n) is 17.8. The molecule has 0 saturated carbocycles. The normalized spacial score (nSPS) is 12.5. The zero-order valence-corrected chi connectivity index (χ0v) is 19.4. The molecule has 1 aromatic carbocycles. The fraction of sp³-hybridized carbons (Fsp3) is 0.450. The number of nitrogens with one attached hydrogen (secondary N) is 2. The molecule has 0 atom stereocenters. The fourth-order valence-corrected chi connectivity index (χ4v) is 5.91. The largest absolute Gasteiger partial charge is 0.366 e. The second-order valence-corrected chi connectivity index (χ2v) is 10.8. The Labute approximate surface area is 179 Å². The smallest absolute Gasteiger partial charge is 0.244 e. The van der Waals surface area contributed by atoms with Gasteiger partial charge < -0.3 is 5.32 Å². The third-order valence-electron chi connectivity index (χ3n) is 4.42. The maximum absolute atomic E-state index is 12.5. The SMILES string of the molecule is CCN(CC)S(=O)(=O)c1ccc(NCc2ccccc2CS(=O)(=O)NC(C)C)nc1. The summed E-state index contributed by atoms with van der Waals surface area (Å²) in [5.74, 6) is 0.392. The van der Waals surface area contributed by atoms with Crippen LogP contribution in [0.4, 0.5) is 5.82 Å². The highest BCUT2D eigenvalue weighted by molar-refractivity contribution is 7.89. The molecule has 0 spiro atoms. The number of benzene rings is 1. The van der Waals surface area contributed by atoms with Gasteiger partial charge >= 0.3 is 0 Å². The van der Waals surface area contributed by atoms with Gasteiger partial charge in [-0.25, -0.2) is 26.5 Å². The van der Waals surface area contributed by atoms with Crippen LogP contribution in [-0.4, -0.2) is 45.3 Å². The van der Waals surface area contributed by atoms with E-state index in [1.165, 1.54) is 16.6 Å². The lowest BCUT2D eigenvalue weighted by atomic mass is 10.1. The molecule has 2 rings (SSSR count). The van der Waals surface area contributed by atoms with Crippen molar-refractivity contribution in [1.29, 1.82) is 0 Å². The summed E-state index contributed by atoms with van der Waals surface area (Å²) in [4.78, 5) is 4.35. The lowest BCUT2D eigenvalue weighted by Crippen LogP contribution is -2.31. The van der Waals surface area contributed by atoms with Gasteiger partial charge in [0.05, 0.1) is 5.75 Å². The first kappa shape index (κ1) is 24.3. The Kier molecular flexibility index (Phi) is 8.36. The van der Waals surface area contributed by atoms with E-state index in [1.807, 2.05) is 12.1 Å². The van der Waals surface area contributed by atoms with E-state index in [-0.39, 0.29) is 16.7 Å². The Hall–Kier alpha value is -2.01. The van der Waals surface area contributed by atoms with E-state index in [0.29, 0.717) is 31.0 Å². The molecule has 2 aromatic rings. The van der Waals surface area contributed by atoms with Crippen molar-refractivity contribution < 1.29 is 16.8 Å². The molecule has 0 aliphatic carbocycles. The van der Waals surface area contributed by atoms with Crippen LogP contribution in [0, 0.1) is 0 Å². The van der Waals surface area contributed by atoms with Crippen molar-refractivity contribution in [3.05, 3.63) is 53.7 Å². The van der Waals surface area contributed by atoms with Crippen LogP contribution >= 0.6 is 0 Å². The van der Waals surface area contributed by atoms with E-state index in [1.54, 1.807) is 45.9 Å². The van der Waals surface area contributed by atoms with Crippen LogP contribution < -0.4 is 10.0 Å². The number of rotatable bonds is 11. The van der Waals surface area contributed by atoms with Crippen molar-refractivity contribution in [3.63, 3.8) is 0 Å². The van der Waals surface area contributed by atoms with Crippen LogP contribution in [0.5, 0.6) is 0 Å². The number of pyridine rings is 1. The molecule has 0 unspecified atom stereocenters. The highest BCUT2D eigenvalue weighted by Gasteiger charge is 2.21. The van der Waals surface area contributed by atoms with Gasteiger partial charge in [0.15, 0.2) is 0 Å². The van der Waals surface area contributed by atoms with Gasteiger partial charge in [-0.15, -0.1) is 0 Å². The van der Waals surface area contributed by atoms with Crippen LogP contribution in [0.2, 0.25) is 0 Å². The molecule has 1 aromatic heterocycles. The summed E-state index contributed by atoms with van der Waals surface area (Å²) in [6.07, 6.45) is 1.33. The minimum atomic E-state index is -3.55. The van der Waals surface area contributed by atoms with E-state index in [2.05, 4.69) is 15.0 Å². The molecule has 1 heterocycles. The third-order valence-corrected chi connectivity index (χ3v) is 7.97. The number of hydrogen-bond acceptors (Lipinski definition) is 6. The molecular weight excluding hydrogens is 424 g/mol. The predicted octanol–water partition coefficient (Wildman–Crippen LogP) is 2.55. The van der Waals surface area contributed by atoms with Gasteiger partial charge in [-0.3, -0.25) is 0 Å². The average Bonchev–Trinajstić information content (AvgIpc) is 2.67. The molecule has 0 fully saturated rings. The van der Waals surface area contributed by atoms with Crippen molar-refractivity contribution in [2.75, 3.05) is 18.4 Å². The summed E-state index contributed by atoms with van der Waals surface area (Å²) in [5, 5.41) is 3.13. The van der Waals surface area contributed by atoms with Gasteiger partial charge in [0.1, 0.15) is 10.7 Å². The Morgan fingerprint density at radius 3 is 2.13 bits per heavy atom. The van der Waals surface area contributed by atoms with E-state index in [9.17, 15) is 16.8 Å². The minimum Gasteiger partial charge on any atom is -0.366 e. The fourth-order valence-electron chi connectivity index (χ4n) is 3.01. The van der Waals surface area contributed by atoms with Crippen LogP contribution in [0.25, 0.3) is 0 Å². The molecule has 0 amide bonds. The molecule has 2 N–H and O–H groups in total. The second kappa shape index (κ2) is 10.3. The summed E-state index contributed by atoms with van der Waals surface area (Å²) in [6, 6.07) is 10.2. The molecule has 0 aliphatic rings. The molecule has 0 bridgehead atoms. The van der Waals surface area contributed by atoms with E-state index < -0.39 is 20.0 Å². The van der Waals surface area contributed by atoms with Crippen molar-refractivity contribution in [3.8, 4) is 0 Å². The van der Waals surface area contributed by atoms with E-state index in [4.69, 9.17) is 0 Å². The molecule has 8 nitrogen and oxygen atoms in total. The average molecular weight is 455 g/mol. The molecule has 0 saturated heterocycles. The Balaban J connectivity index is 2.12. The van der Waals surface area contributed by atoms with Gasteiger partial charge in [0, 0.05) is 31.9 Å². The second-order valence-electron chi connectivity index (χ2n) is 7.12. The number of nitrogens with zero attached hydrogens (tertiary/aromatic N) is 2. The molecular formula is C20H30N4O4S2. The van der Waals surface area contributed by atoms with E-state index >= 15 is 0 Å². The van der Waals surface area contributed by atoms with Crippen molar-refractivity contribution in [1.82, 2.24) is 14.0 Å². The highest BCUT2D eigenvalue weighted by atomic mass is 32.2. The maximum atomic E-state index is 12.5. The summed E-state index contributed by atoms with van der Waals surface area (Å²) in [5.41, 5.74) is 1.52. The molecule has 166 valence electrons. The summed E-state index contributed by atoms with van der Waals surface area (Å²) in [6.45, 7) is 8.29. The van der Waals surface area contributed by atoms with Crippen molar-refractivity contribution in [2.24, 2.45) is 0 Å². The van der Waals surface area contributed by atoms with Crippen LogP contribution in [0.1, 0.15) is 38.8 Å². The molecule has 30 heavy (non-hydrogen) atoms. The monoisotopic (exact) mass is 454 g/mol. The Morgan fingerprint density at radius 1 is 0.967 bits per heavy atom. The molecule has 0 aliphatic heterocycles. The predicted molar refractivity (Wildman–Crippen MR) is 119 cm³/mol. The molecule has 0 radical (unpaired) electrons. The van der Waals surface area contributed by atoms with Gasteiger partial charge in [-0.1, -0.05) is 38.1 Å². The number of aromatic nitrogens is 1. The van der Waals surface area contributed by atoms with Crippen LogP contribution in [0.3, 0.4) is 0 Å². The quantitative estimate of drug-likeness (QED) is 0.540. The first-order valence-corrected chi connectivity index (χ1v) is 12.9. The zero-order chi connectivity index (χ0) is 22.4. The van der Waals surface area contributed by atoms with Crippen LogP contribution in [-0.2, 0) is 32.3 Å². The highest BCUT2D eigenvalue weighted by Crippen LogP contribution is 2.18. The minimum absolute atomic E-state index is 0.114. The van der Waals surface area contributed by atoms with Gasteiger partial charge in [-0.2, -0.15) is 4.31 Å². The first-order valence-electron chi connectivity index (χ1n) is 9.86. The number of hydrogen-bond donors (Lipinski definition) is 2. The van der Waals surface area contributed by atoms with Crippen molar-refractivity contribution >= 4 is 25.9 Å². The summed E-state index contributed by atoms with van der Waals surface area (Å²) < 4.78 is 53.6. The summed E-state index contributed by atoms with van der Waals surface area (Å²) >= 11 is 0. The van der Waals surface area contributed by atoms with E-state index in [0.717, 1.165) is 5.56 Å². The Bertz CT molecular complexity index is 1030. The topological polar surface area (TPSA) is 108 Å². The van der Waals surface area contributed by atoms with Gasteiger partial charge in [0.25, 0.3) is 0 Å². The lowest BCUT2D eigenvalue weighted by Gasteiger charge is -2.18. The summed E-state index contributed by atoms with van der Waals surface area (Å²) in [7, 11) is -6.99. The number of sulfonamides is 2. The first-order chi connectivity index (χ1) is 14.1. The third kappa shape index (κ3) is 6.49. The van der Waals surface area contributed by atoms with Crippen LogP contribution in [0.15, 0.2) is 47.5 Å². The van der Waals surface area contributed by atoms with Gasteiger partial charge in [-0.05, 0) is 37.1 Å². The van der Waals surface area contributed by atoms with Gasteiger partial charge in [0.2, 0.25) is 20.0 Å². The Morgan fingerprint density at radius 2 is 1.60 bits per heavy atom. The number of anilines is 1. The standard InChI is InChI=1S/C20H30N4O4S2/c1-5-24(6-2)30(27,28)19-11-12-20(22-14-19)21-13-17-9-7-8-10-18(17)15-29(25,26)23-16(3)4/h7-12,14,16,23H,5-6,13,15H2,1-4H3,(H,21,22). The van der Waals surface area contributed by atoms with Crippen molar-refractivity contribution in [2.45, 2.75) is 50.9 Å². The maximum Gasteiger partial charge on any atom is 0.244 e. The lowest BCUT2D eigenvalue weighted by molar-refractivity contribution is 0.445.